The third-order valence-electron chi connectivity index (χ3n) is 4.16. The fourth-order valence-corrected chi connectivity index (χ4v) is 3.94. The quantitative estimate of drug-likeness (QED) is 0.446. The molecule has 3 rings (SSSR count). The van der Waals surface area contributed by atoms with E-state index in [9.17, 15) is 0 Å². The highest BCUT2D eigenvalue weighted by Crippen LogP contribution is 2.13. The van der Waals surface area contributed by atoms with Gasteiger partial charge in [-0.25, -0.2) is 9.98 Å². The van der Waals surface area contributed by atoms with E-state index in [0.29, 0.717) is 13.1 Å². The zero-order valence-electron chi connectivity index (χ0n) is 15.9. The molecule has 3 aromatic rings. The summed E-state index contributed by atoms with van der Waals surface area (Å²) in [6.45, 7) is 6.04. The number of thiazole rings is 1. The molecule has 2 N–H and O–H groups in total. The highest BCUT2D eigenvalue weighted by molar-refractivity contribution is 7.11. The Morgan fingerprint density at radius 2 is 2.15 bits per heavy atom. The molecule has 0 saturated carbocycles. The van der Waals surface area contributed by atoms with E-state index in [1.165, 1.54) is 9.75 Å². The predicted molar refractivity (Wildman–Crippen MR) is 111 cm³/mol. The molecule has 7 nitrogen and oxygen atoms in total. The van der Waals surface area contributed by atoms with Gasteiger partial charge < -0.3 is 15.2 Å². The molecule has 9 heteroatoms. The normalized spacial score (nSPS) is 11.7. The van der Waals surface area contributed by atoms with Gasteiger partial charge in [0.15, 0.2) is 11.8 Å². The average Bonchev–Trinajstić information content (AvgIpc) is 3.41. The molecular weight excluding hydrogens is 378 g/mol. The van der Waals surface area contributed by atoms with Crippen molar-refractivity contribution in [2.24, 2.45) is 12.0 Å². The second-order valence-electron chi connectivity index (χ2n) is 6.07. The number of nitrogens with zero attached hydrogens (tertiary/aromatic N) is 5. The molecule has 0 aliphatic heterocycles. The summed E-state index contributed by atoms with van der Waals surface area (Å²) < 4.78 is 1.96. The molecule has 0 unspecified atom stereocenters. The summed E-state index contributed by atoms with van der Waals surface area (Å²) in [5.74, 6) is 2.49. The molecule has 3 heterocycles. The molecule has 0 aliphatic carbocycles. The first-order chi connectivity index (χ1) is 13.2. The number of hydrogen-bond acceptors (Lipinski definition) is 6. The van der Waals surface area contributed by atoms with Crippen LogP contribution in [-0.4, -0.2) is 32.3 Å². The topological polar surface area (TPSA) is 80.0 Å². The second-order valence-corrected chi connectivity index (χ2v) is 8.30. The standard InChI is InChI=1S/C18H25N7S2/c1-4-14-10-20-17(27-14)12-22-18(19-8-7-15-6-5-9-26-15)21-11-16-24-23-13(2)25(16)3/h5-6,9-10H,4,7-8,11-12H2,1-3H3,(H2,19,21,22). The Morgan fingerprint density at radius 1 is 1.26 bits per heavy atom. The molecular formula is C18H25N7S2. The summed E-state index contributed by atoms with van der Waals surface area (Å²) in [7, 11) is 1.96. The van der Waals surface area contributed by atoms with Gasteiger partial charge >= 0.3 is 0 Å². The Balaban J connectivity index is 1.61. The third kappa shape index (κ3) is 5.61. The van der Waals surface area contributed by atoms with Crippen LogP contribution in [-0.2, 0) is 33.0 Å². The van der Waals surface area contributed by atoms with Crippen molar-refractivity contribution in [3.63, 3.8) is 0 Å². The summed E-state index contributed by atoms with van der Waals surface area (Å²) in [4.78, 5) is 11.8. The van der Waals surface area contributed by atoms with Gasteiger partial charge in [-0.05, 0) is 31.2 Å². The molecule has 144 valence electrons. The van der Waals surface area contributed by atoms with Crippen LogP contribution in [0.1, 0.15) is 33.3 Å². The van der Waals surface area contributed by atoms with Gasteiger partial charge in [0.2, 0.25) is 0 Å². The number of aryl methyl sites for hydroxylation is 2. The molecule has 0 amide bonds. The summed E-state index contributed by atoms with van der Waals surface area (Å²) in [5, 5.41) is 18.2. The van der Waals surface area contributed by atoms with Crippen molar-refractivity contribution in [1.82, 2.24) is 30.4 Å². The van der Waals surface area contributed by atoms with Crippen molar-refractivity contribution < 1.29 is 0 Å². The van der Waals surface area contributed by atoms with Gasteiger partial charge in [0.1, 0.15) is 17.4 Å². The third-order valence-corrected chi connectivity index (χ3v) is 6.24. The smallest absolute Gasteiger partial charge is 0.192 e. The summed E-state index contributed by atoms with van der Waals surface area (Å²) in [5.41, 5.74) is 0. The molecule has 0 aliphatic rings. The predicted octanol–water partition coefficient (Wildman–Crippen LogP) is 2.68. The van der Waals surface area contributed by atoms with Crippen molar-refractivity contribution in [2.75, 3.05) is 6.54 Å². The lowest BCUT2D eigenvalue weighted by Gasteiger charge is -2.11. The van der Waals surface area contributed by atoms with Gasteiger partial charge in [-0.2, -0.15) is 0 Å². The van der Waals surface area contributed by atoms with E-state index in [1.807, 2.05) is 24.7 Å². The van der Waals surface area contributed by atoms with Crippen molar-refractivity contribution in [2.45, 2.75) is 39.8 Å². The Kier molecular flexibility index (Phi) is 6.94. The summed E-state index contributed by atoms with van der Waals surface area (Å²) >= 11 is 3.51. The minimum Gasteiger partial charge on any atom is -0.356 e. The number of aliphatic imine (C=N–C) groups is 1. The van der Waals surface area contributed by atoms with Crippen molar-refractivity contribution in [1.29, 1.82) is 0 Å². The largest absolute Gasteiger partial charge is 0.356 e. The first-order valence-corrected chi connectivity index (χ1v) is 10.7. The molecule has 0 spiro atoms. The van der Waals surface area contributed by atoms with Crippen LogP contribution in [0, 0.1) is 6.92 Å². The maximum Gasteiger partial charge on any atom is 0.192 e. The molecule has 0 aromatic carbocycles. The summed E-state index contributed by atoms with van der Waals surface area (Å²) in [6, 6.07) is 4.23. The van der Waals surface area contributed by atoms with Gasteiger partial charge in [-0.1, -0.05) is 13.0 Å². The van der Waals surface area contributed by atoms with E-state index >= 15 is 0 Å². The van der Waals surface area contributed by atoms with E-state index < -0.39 is 0 Å². The van der Waals surface area contributed by atoms with E-state index in [2.05, 4.69) is 55.2 Å². The number of guanidine groups is 1. The monoisotopic (exact) mass is 403 g/mol. The van der Waals surface area contributed by atoms with Crippen molar-refractivity contribution >= 4 is 28.6 Å². The Hall–Kier alpha value is -2.26. The molecule has 3 aromatic heterocycles. The van der Waals surface area contributed by atoms with Gasteiger partial charge in [-0.3, -0.25) is 0 Å². The first kappa shape index (κ1) is 19.5. The molecule has 0 fully saturated rings. The van der Waals surface area contributed by atoms with Gasteiger partial charge in [0, 0.05) is 29.5 Å². The van der Waals surface area contributed by atoms with Crippen LogP contribution < -0.4 is 10.6 Å². The van der Waals surface area contributed by atoms with Gasteiger partial charge in [-0.15, -0.1) is 32.9 Å². The van der Waals surface area contributed by atoms with Crippen LogP contribution in [0.25, 0.3) is 0 Å². The number of rotatable bonds is 8. The van der Waals surface area contributed by atoms with Crippen LogP contribution in [0.5, 0.6) is 0 Å². The SMILES string of the molecule is CCc1cnc(CNC(=NCc2nnc(C)n2C)NCCc2cccs2)s1. The number of hydrogen-bond donors (Lipinski definition) is 2. The molecule has 27 heavy (non-hydrogen) atoms. The first-order valence-electron chi connectivity index (χ1n) is 8.98. The lowest BCUT2D eigenvalue weighted by molar-refractivity contribution is 0.748. The molecule has 0 atom stereocenters. The maximum absolute atomic E-state index is 4.68. The number of nitrogens with one attached hydrogen (secondary N) is 2. The molecule has 0 radical (unpaired) electrons. The number of thiophene rings is 1. The van der Waals surface area contributed by atoms with Crippen molar-refractivity contribution in [3.8, 4) is 0 Å². The summed E-state index contributed by atoms with van der Waals surface area (Å²) in [6.07, 6.45) is 3.94. The Bertz CT molecular complexity index is 864. The minimum atomic E-state index is 0.476. The zero-order valence-corrected chi connectivity index (χ0v) is 17.5. The van der Waals surface area contributed by atoms with E-state index in [4.69, 9.17) is 0 Å². The zero-order chi connectivity index (χ0) is 19.1. The van der Waals surface area contributed by atoms with Crippen LogP contribution >= 0.6 is 22.7 Å². The van der Waals surface area contributed by atoms with Crippen molar-refractivity contribution in [3.05, 3.63) is 50.1 Å². The minimum absolute atomic E-state index is 0.476. The Labute approximate surface area is 167 Å². The number of aromatic nitrogens is 4. The fraction of sp³-hybridized carbons (Fsp3) is 0.444. The Morgan fingerprint density at radius 3 is 2.81 bits per heavy atom. The molecule has 0 bridgehead atoms. The van der Waals surface area contributed by atoms with Crippen LogP contribution in [0.4, 0.5) is 0 Å². The fourth-order valence-electron chi connectivity index (χ4n) is 2.42. The van der Waals surface area contributed by atoms with Crippen LogP contribution in [0.3, 0.4) is 0 Å². The maximum atomic E-state index is 4.68. The highest BCUT2D eigenvalue weighted by atomic mass is 32.1. The lowest BCUT2D eigenvalue weighted by Crippen LogP contribution is -2.38. The van der Waals surface area contributed by atoms with Gasteiger partial charge in [0.25, 0.3) is 0 Å². The van der Waals surface area contributed by atoms with E-state index in [1.54, 1.807) is 22.7 Å². The average molecular weight is 404 g/mol. The van der Waals surface area contributed by atoms with Gasteiger partial charge in [0.05, 0.1) is 6.54 Å². The highest BCUT2D eigenvalue weighted by Gasteiger charge is 2.07. The molecule has 0 saturated heterocycles. The second kappa shape index (κ2) is 9.61. The lowest BCUT2D eigenvalue weighted by atomic mass is 10.3. The van der Waals surface area contributed by atoms with E-state index in [0.717, 1.165) is 42.0 Å². The van der Waals surface area contributed by atoms with Crippen LogP contribution in [0.2, 0.25) is 0 Å². The van der Waals surface area contributed by atoms with Crippen LogP contribution in [0.15, 0.2) is 28.7 Å². The van der Waals surface area contributed by atoms with E-state index in [-0.39, 0.29) is 0 Å².